The lowest BCUT2D eigenvalue weighted by atomic mass is 9.96. The van der Waals surface area contributed by atoms with E-state index < -0.39 is 0 Å². The summed E-state index contributed by atoms with van der Waals surface area (Å²) in [6.45, 7) is 16.2. The topological polar surface area (TPSA) is 37.8 Å². The van der Waals surface area contributed by atoms with Crippen LogP contribution in [-0.2, 0) is 6.42 Å². The molecule has 1 atom stereocenters. The molecule has 0 aliphatic rings. The largest absolute Gasteiger partial charge is 0.311 e. The van der Waals surface area contributed by atoms with Crippen LogP contribution in [0.5, 0.6) is 0 Å². The molecule has 1 N–H and O–H groups in total. The minimum atomic E-state index is 0.151. The lowest BCUT2D eigenvalue weighted by Crippen LogP contribution is -2.38. The van der Waals surface area contributed by atoms with Gasteiger partial charge in [0.1, 0.15) is 5.82 Å². The van der Waals surface area contributed by atoms with Crippen LogP contribution in [0.2, 0.25) is 0 Å². The van der Waals surface area contributed by atoms with Crippen LogP contribution in [0.15, 0.2) is 0 Å². The lowest BCUT2D eigenvalue weighted by Gasteiger charge is -2.25. The first kappa shape index (κ1) is 17.1. The number of rotatable bonds is 6. The van der Waals surface area contributed by atoms with Gasteiger partial charge in [-0.25, -0.2) is 9.97 Å². The van der Waals surface area contributed by atoms with Gasteiger partial charge >= 0.3 is 0 Å². The third-order valence-corrected chi connectivity index (χ3v) is 3.56. The second-order valence-corrected chi connectivity index (χ2v) is 6.86. The van der Waals surface area contributed by atoms with Crippen molar-refractivity contribution < 1.29 is 0 Å². The van der Waals surface area contributed by atoms with E-state index in [4.69, 9.17) is 9.97 Å². The molecule has 3 nitrogen and oxygen atoms in total. The summed E-state index contributed by atoms with van der Waals surface area (Å²) in [6, 6.07) is 0. The van der Waals surface area contributed by atoms with Crippen molar-refractivity contribution >= 4 is 0 Å². The van der Waals surface area contributed by atoms with Gasteiger partial charge in [0.25, 0.3) is 0 Å². The quantitative estimate of drug-likeness (QED) is 0.856. The van der Waals surface area contributed by atoms with Crippen molar-refractivity contribution in [2.24, 2.45) is 0 Å². The molecule has 1 rings (SSSR count). The fourth-order valence-corrected chi connectivity index (χ4v) is 2.52. The average molecular weight is 277 g/mol. The van der Waals surface area contributed by atoms with Gasteiger partial charge in [-0.2, -0.15) is 0 Å². The van der Waals surface area contributed by atoms with Crippen molar-refractivity contribution in [3.8, 4) is 0 Å². The first-order valence-corrected chi connectivity index (χ1v) is 7.83. The fourth-order valence-electron chi connectivity index (χ4n) is 2.52. The fraction of sp³-hybridized carbons (Fsp3) is 0.765. The van der Waals surface area contributed by atoms with E-state index in [1.165, 1.54) is 18.4 Å². The van der Waals surface area contributed by atoms with Gasteiger partial charge in [0.15, 0.2) is 0 Å². The van der Waals surface area contributed by atoms with E-state index in [1.54, 1.807) is 0 Å². The average Bonchev–Trinajstić information content (AvgIpc) is 2.32. The first-order valence-electron chi connectivity index (χ1n) is 7.83. The normalized spacial score (nSPS) is 13.6. The Kier molecular flexibility index (Phi) is 6.12. The molecule has 20 heavy (non-hydrogen) atoms. The Bertz CT molecular complexity index is 409. The van der Waals surface area contributed by atoms with Gasteiger partial charge in [-0.15, -0.1) is 0 Å². The zero-order valence-electron chi connectivity index (χ0n) is 14.3. The summed E-state index contributed by atoms with van der Waals surface area (Å²) in [5.74, 6) is 1.44. The molecule has 0 aromatic carbocycles. The summed E-state index contributed by atoms with van der Waals surface area (Å²) in [5.41, 5.74) is 3.75. The van der Waals surface area contributed by atoms with Gasteiger partial charge in [0.05, 0.1) is 0 Å². The van der Waals surface area contributed by atoms with Crippen molar-refractivity contribution in [3.05, 3.63) is 22.8 Å². The highest BCUT2D eigenvalue weighted by Gasteiger charge is 2.17. The molecule has 0 amide bonds. The van der Waals surface area contributed by atoms with Crippen LogP contribution in [0, 0.1) is 13.8 Å². The monoisotopic (exact) mass is 277 g/mol. The Balaban J connectivity index is 2.84. The highest BCUT2D eigenvalue weighted by atomic mass is 15.0. The minimum absolute atomic E-state index is 0.151. The third-order valence-electron chi connectivity index (χ3n) is 3.56. The Morgan fingerprint density at radius 1 is 1.10 bits per heavy atom. The summed E-state index contributed by atoms with van der Waals surface area (Å²) in [4.78, 5) is 9.40. The maximum atomic E-state index is 4.70. The zero-order valence-corrected chi connectivity index (χ0v) is 14.3. The Hall–Kier alpha value is -0.960. The van der Waals surface area contributed by atoms with E-state index in [9.17, 15) is 0 Å². The molecule has 0 fully saturated rings. The van der Waals surface area contributed by atoms with Crippen LogP contribution >= 0.6 is 0 Å². The Labute approximate surface area is 124 Å². The molecule has 1 aromatic rings. The molecular weight excluding hydrogens is 246 g/mol. The zero-order chi connectivity index (χ0) is 15.3. The van der Waals surface area contributed by atoms with Crippen molar-refractivity contribution in [1.29, 1.82) is 0 Å². The SMILES string of the molecule is CCCCc1nc(C)c(C(C)CNC(C)(C)C)c(C)n1. The predicted molar refractivity (Wildman–Crippen MR) is 86.3 cm³/mol. The minimum Gasteiger partial charge on any atom is -0.311 e. The molecule has 3 heteroatoms. The third kappa shape index (κ3) is 5.20. The van der Waals surface area contributed by atoms with Gasteiger partial charge < -0.3 is 5.32 Å². The van der Waals surface area contributed by atoms with Crippen LogP contribution in [-0.4, -0.2) is 22.1 Å². The number of unbranched alkanes of at least 4 members (excludes halogenated alkanes) is 1. The van der Waals surface area contributed by atoms with Crippen molar-refractivity contribution in [2.75, 3.05) is 6.54 Å². The lowest BCUT2D eigenvalue weighted by molar-refractivity contribution is 0.411. The van der Waals surface area contributed by atoms with E-state index in [0.29, 0.717) is 5.92 Å². The van der Waals surface area contributed by atoms with E-state index in [1.807, 2.05) is 0 Å². The number of nitrogens with one attached hydrogen (secondary N) is 1. The summed E-state index contributed by atoms with van der Waals surface area (Å²) in [5, 5.41) is 3.57. The summed E-state index contributed by atoms with van der Waals surface area (Å²) >= 11 is 0. The number of aryl methyl sites for hydroxylation is 3. The van der Waals surface area contributed by atoms with E-state index in [-0.39, 0.29) is 5.54 Å². The molecule has 0 radical (unpaired) electrons. The standard InChI is InChI=1S/C17H31N3/c1-8-9-10-15-19-13(3)16(14(4)20-15)12(2)11-18-17(5,6)7/h12,18H,8-11H2,1-7H3. The molecule has 1 unspecified atom stereocenters. The highest BCUT2D eigenvalue weighted by molar-refractivity contribution is 5.28. The Morgan fingerprint density at radius 2 is 1.65 bits per heavy atom. The van der Waals surface area contributed by atoms with Gasteiger partial charge in [-0.3, -0.25) is 0 Å². The molecule has 0 aliphatic carbocycles. The second kappa shape index (κ2) is 7.16. The molecular formula is C17H31N3. The first-order chi connectivity index (χ1) is 9.24. The van der Waals surface area contributed by atoms with Crippen LogP contribution in [0.25, 0.3) is 0 Å². The molecule has 0 saturated carbocycles. The van der Waals surface area contributed by atoms with E-state index in [0.717, 1.165) is 30.2 Å². The Morgan fingerprint density at radius 3 is 2.10 bits per heavy atom. The summed E-state index contributed by atoms with van der Waals surface area (Å²) < 4.78 is 0. The number of hydrogen-bond acceptors (Lipinski definition) is 3. The van der Waals surface area contributed by atoms with Crippen LogP contribution < -0.4 is 5.32 Å². The highest BCUT2D eigenvalue weighted by Crippen LogP contribution is 2.22. The summed E-state index contributed by atoms with van der Waals surface area (Å²) in [7, 11) is 0. The molecule has 0 saturated heterocycles. The molecule has 0 aliphatic heterocycles. The van der Waals surface area contributed by atoms with Gasteiger partial charge in [0.2, 0.25) is 0 Å². The molecule has 114 valence electrons. The number of nitrogens with zero attached hydrogens (tertiary/aromatic N) is 2. The second-order valence-electron chi connectivity index (χ2n) is 6.86. The molecule has 0 spiro atoms. The molecule has 0 bridgehead atoms. The van der Waals surface area contributed by atoms with E-state index in [2.05, 4.69) is 53.8 Å². The molecule has 1 aromatic heterocycles. The summed E-state index contributed by atoms with van der Waals surface area (Å²) in [6.07, 6.45) is 3.35. The van der Waals surface area contributed by atoms with E-state index >= 15 is 0 Å². The number of hydrogen-bond donors (Lipinski definition) is 1. The van der Waals surface area contributed by atoms with Gasteiger partial charge in [0, 0.05) is 29.9 Å². The van der Waals surface area contributed by atoms with Crippen LogP contribution in [0.3, 0.4) is 0 Å². The van der Waals surface area contributed by atoms with Gasteiger partial charge in [-0.05, 0) is 52.5 Å². The van der Waals surface area contributed by atoms with Crippen LogP contribution in [0.4, 0.5) is 0 Å². The van der Waals surface area contributed by atoms with Crippen molar-refractivity contribution in [2.45, 2.75) is 79.2 Å². The van der Waals surface area contributed by atoms with Gasteiger partial charge in [-0.1, -0.05) is 20.3 Å². The molecule has 1 heterocycles. The van der Waals surface area contributed by atoms with Crippen molar-refractivity contribution in [1.82, 2.24) is 15.3 Å². The van der Waals surface area contributed by atoms with Crippen molar-refractivity contribution in [3.63, 3.8) is 0 Å². The smallest absolute Gasteiger partial charge is 0.128 e. The predicted octanol–water partition coefficient (Wildman–Crippen LogP) is 3.93. The maximum absolute atomic E-state index is 4.70. The van der Waals surface area contributed by atoms with Crippen LogP contribution in [0.1, 0.15) is 76.2 Å². The maximum Gasteiger partial charge on any atom is 0.128 e. The number of aromatic nitrogens is 2.